The molecule has 0 fully saturated rings. The molecule has 7 nitrogen and oxygen atoms in total. The number of rotatable bonds is 5. The Morgan fingerprint density at radius 3 is 2.71 bits per heavy atom. The van der Waals surface area contributed by atoms with E-state index in [9.17, 15) is 14.7 Å². The van der Waals surface area contributed by atoms with Crippen LogP contribution in [-0.2, 0) is 7.05 Å². The van der Waals surface area contributed by atoms with E-state index >= 15 is 0 Å². The number of nitrogens with zero attached hydrogens (tertiary/aromatic N) is 2. The van der Waals surface area contributed by atoms with Gasteiger partial charge in [-0.1, -0.05) is 30.3 Å². The molecule has 0 aliphatic rings. The SMILES string of the molecule is Cc1cc(C(C)Nc2ccccc2C(=O)O)c2oc(-c3ccc4cn(C)nc4c3)cc(=O)c2c1. The number of nitrogens with one attached hydrogen (secondary N) is 1. The van der Waals surface area contributed by atoms with Crippen LogP contribution in [-0.4, -0.2) is 20.9 Å². The van der Waals surface area contributed by atoms with E-state index in [1.165, 1.54) is 6.07 Å². The molecule has 3 aromatic carbocycles. The lowest BCUT2D eigenvalue weighted by Crippen LogP contribution is -2.12. The zero-order valence-corrected chi connectivity index (χ0v) is 19.0. The van der Waals surface area contributed by atoms with Crippen molar-refractivity contribution in [1.82, 2.24) is 9.78 Å². The van der Waals surface area contributed by atoms with Crippen LogP contribution >= 0.6 is 0 Å². The highest BCUT2D eigenvalue weighted by Crippen LogP contribution is 2.32. The molecule has 0 amide bonds. The van der Waals surface area contributed by atoms with Gasteiger partial charge in [0.05, 0.1) is 22.5 Å². The Hall–Kier alpha value is -4.39. The molecule has 2 heterocycles. The van der Waals surface area contributed by atoms with Crippen LogP contribution < -0.4 is 10.7 Å². The predicted octanol–water partition coefficient (Wildman–Crippen LogP) is 5.53. The first-order chi connectivity index (χ1) is 16.3. The zero-order valence-electron chi connectivity index (χ0n) is 19.0. The van der Waals surface area contributed by atoms with Crippen molar-refractivity contribution in [2.45, 2.75) is 19.9 Å². The van der Waals surface area contributed by atoms with Crippen LogP contribution in [0.5, 0.6) is 0 Å². The van der Waals surface area contributed by atoms with Gasteiger partial charge >= 0.3 is 5.97 Å². The first-order valence-electron chi connectivity index (χ1n) is 10.9. The van der Waals surface area contributed by atoms with E-state index in [-0.39, 0.29) is 17.0 Å². The molecule has 0 saturated carbocycles. The fourth-order valence-corrected chi connectivity index (χ4v) is 4.30. The minimum absolute atomic E-state index is 0.138. The maximum atomic E-state index is 13.1. The maximum Gasteiger partial charge on any atom is 0.337 e. The quantitative estimate of drug-likeness (QED) is 0.363. The number of para-hydroxylation sites is 1. The van der Waals surface area contributed by atoms with E-state index < -0.39 is 5.97 Å². The van der Waals surface area contributed by atoms with Crippen molar-refractivity contribution in [2.24, 2.45) is 7.05 Å². The fourth-order valence-electron chi connectivity index (χ4n) is 4.30. The number of aromatic carboxylic acids is 1. The van der Waals surface area contributed by atoms with E-state index in [1.807, 2.05) is 57.4 Å². The summed E-state index contributed by atoms with van der Waals surface area (Å²) in [4.78, 5) is 24.7. The van der Waals surface area contributed by atoms with Gasteiger partial charge in [-0.15, -0.1) is 0 Å². The molecule has 34 heavy (non-hydrogen) atoms. The van der Waals surface area contributed by atoms with Crippen LogP contribution in [0.15, 0.2) is 76.1 Å². The number of carbonyl (C=O) groups is 1. The molecular formula is C27H23N3O4. The molecule has 0 radical (unpaired) electrons. The van der Waals surface area contributed by atoms with E-state index in [1.54, 1.807) is 28.9 Å². The van der Waals surface area contributed by atoms with Crippen molar-refractivity contribution in [1.29, 1.82) is 0 Å². The number of carboxylic acids is 1. The van der Waals surface area contributed by atoms with Crippen molar-refractivity contribution in [3.05, 3.63) is 93.8 Å². The lowest BCUT2D eigenvalue weighted by atomic mass is 10.00. The second-order valence-corrected chi connectivity index (χ2v) is 8.50. The number of carboxylic acid groups (broad SMARTS) is 1. The van der Waals surface area contributed by atoms with Gasteiger partial charge in [-0.05, 0) is 43.7 Å². The van der Waals surface area contributed by atoms with Crippen molar-refractivity contribution in [3.63, 3.8) is 0 Å². The third kappa shape index (κ3) is 3.81. The normalized spacial score (nSPS) is 12.2. The molecule has 1 atom stereocenters. The molecule has 2 aromatic heterocycles. The summed E-state index contributed by atoms with van der Waals surface area (Å²) in [6.07, 6.45) is 1.93. The Kier molecular flexibility index (Phi) is 5.17. The Bertz CT molecular complexity index is 1630. The summed E-state index contributed by atoms with van der Waals surface area (Å²) in [5.74, 6) is -0.559. The van der Waals surface area contributed by atoms with Crippen molar-refractivity contribution in [2.75, 3.05) is 5.32 Å². The third-order valence-corrected chi connectivity index (χ3v) is 5.90. The highest BCUT2D eigenvalue weighted by molar-refractivity contribution is 5.94. The third-order valence-electron chi connectivity index (χ3n) is 5.90. The van der Waals surface area contributed by atoms with Gasteiger partial charge in [0.15, 0.2) is 5.43 Å². The second-order valence-electron chi connectivity index (χ2n) is 8.50. The van der Waals surface area contributed by atoms with E-state index in [0.717, 1.165) is 27.6 Å². The largest absolute Gasteiger partial charge is 0.478 e. The van der Waals surface area contributed by atoms with Crippen LogP contribution in [0.1, 0.15) is 34.5 Å². The summed E-state index contributed by atoms with van der Waals surface area (Å²) in [5.41, 5.74) is 4.27. The van der Waals surface area contributed by atoms with Crippen LogP contribution in [0, 0.1) is 6.92 Å². The molecule has 0 aliphatic carbocycles. The molecule has 0 spiro atoms. The summed E-state index contributed by atoms with van der Waals surface area (Å²) in [7, 11) is 1.86. The highest BCUT2D eigenvalue weighted by atomic mass is 16.4. The average molecular weight is 453 g/mol. The number of fused-ring (bicyclic) bond motifs is 2. The van der Waals surface area contributed by atoms with E-state index in [2.05, 4.69) is 10.4 Å². The number of aromatic nitrogens is 2. The predicted molar refractivity (Wildman–Crippen MR) is 132 cm³/mol. The minimum atomic E-state index is -1.01. The van der Waals surface area contributed by atoms with Gasteiger partial charge < -0.3 is 14.8 Å². The van der Waals surface area contributed by atoms with Crippen LogP contribution in [0.2, 0.25) is 0 Å². The Morgan fingerprint density at radius 1 is 1.12 bits per heavy atom. The van der Waals surface area contributed by atoms with E-state index in [4.69, 9.17) is 4.42 Å². The summed E-state index contributed by atoms with van der Waals surface area (Å²) in [6.45, 7) is 3.84. The van der Waals surface area contributed by atoms with Gasteiger partial charge in [-0.3, -0.25) is 9.48 Å². The minimum Gasteiger partial charge on any atom is -0.478 e. The summed E-state index contributed by atoms with van der Waals surface area (Å²) < 4.78 is 8.06. The van der Waals surface area contributed by atoms with E-state index in [0.29, 0.717) is 22.4 Å². The van der Waals surface area contributed by atoms with Gasteiger partial charge in [0.1, 0.15) is 11.3 Å². The van der Waals surface area contributed by atoms with Gasteiger partial charge in [0.2, 0.25) is 0 Å². The van der Waals surface area contributed by atoms with Gasteiger partial charge in [-0.25, -0.2) is 4.79 Å². The standard InChI is InChI=1S/C27H23N3O4/c1-15-10-20(16(2)28-22-7-5-4-6-19(22)27(32)33)26-21(11-15)24(31)13-25(34-26)17-8-9-18-14-30(3)29-23(18)12-17/h4-14,16,28H,1-3H3,(H,32,33). The van der Waals surface area contributed by atoms with Gasteiger partial charge in [0, 0.05) is 41.5 Å². The molecule has 0 saturated heterocycles. The lowest BCUT2D eigenvalue weighted by Gasteiger charge is -2.19. The number of aryl methyl sites for hydroxylation is 2. The van der Waals surface area contributed by atoms with Crippen LogP contribution in [0.4, 0.5) is 5.69 Å². The zero-order chi connectivity index (χ0) is 24.0. The number of hydrogen-bond donors (Lipinski definition) is 2. The number of anilines is 1. The molecular weight excluding hydrogens is 430 g/mol. The number of benzene rings is 3. The van der Waals surface area contributed by atoms with Crippen LogP contribution in [0.25, 0.3) is 33.2 Å². The molecule has 5 aromatic rings. The fraction of sp³-hybridized carbons (Fsp3) is 0.148. The topological polar surface area (TPSA) is 97.4 Å². The Labute approximate surface area is 195 Å². The van der Waals surface area contributed by atoms with Crippen molar-refractivity contribution < 1.29 is 14.3 Å². The van der Waals surface area contributed by atoms with Gasteiger partial charge in [0.25, 0.3) is 0 Å². The van der Waals surface area contributed by atoms with Crippen molar-refractivity contribution in [3.8, 4) is 11.3 Å². The first-order valence-corrected chi connectivity index (χ1v) is 10.9. The highest BCUT2D eigenvalue weighted by Gasteiger charge is 2.18. The smallest absolute Gasteiger partial charge is 0.337 e. The first kappa shape index (κ1) is 21.5. The summed E-state index contributed by atoms with van der Waals surface area (Å²) in [6, 6.07) is 17.5. The Balaban J connectivity index is 1.64. The Morgan fingerprint density at radius 2 is 1.91 bits per heavy atom. The molecule has 0 bridgehead atoms. The lowest BCUT2D eigenvalue weighted by molar-refractivity contribution is 0.0698. The number of hydrogen-bond acceptors (Lipinski definition) is 5. The van der Waals surface area contributed by atoms with Crippen LogP contribution in [0.3, 0.4) is 0 Å². The molecule has 170 valence electrons. The molecule has 5 rings (SSSR count). The second kappa shape index (κ2) is 8.19. The molecule has 2 N–H and O–H groups in total. The monoisotopic (exact) mass is 453 g/mol. The molecule has 0 aliphatic heterocycles. The summed E-state index contributed by atoms with van der Waals surface area (Å²) in [5, 5.41) is 18.7. The molecule has 1 unspecified atom stereocenters. The average Bonchev–Trinajstić information content (AvgIpc) is 3.18. The molecule has 7 heteroatoms. The van der Waals surface area contributed by atoms with Gasteiger partial charge in [-0.2, -0.15) is 5.10 Å². The van der Waals surface area contributed by atoms with Crippen molar-refractivity contribution >= 4 is 33.5 Å². The maximum absolute atomic E-state index is 13.1. The summed E-state index contributed by atoms with van der Waals surface area (Å²) >= 11 is 0.